The molecule has 1 aromatic rings. The Morgan fingerprint density at radius 1 is 1.33 bits per heavy atom. The number of hydrogen-bond acceptors (Lipinski definition) is 2. The van der Waals surface area contributed by atoms with Crippen LogP contribution in [0.5, 0.6) is 0 Å². The Hall–Kier alpha value is -1.22. The molecule has 1 saturated carbocycles. The van der Waals surface area contributed by atoms with Crippen molar-refractivity contribution >= 4 is 23.2 Å². The molecule has 0 aromatic heterocycles. The number of nitrogen functional groups attached to an aromatic ring is 1. The summed E-state index contributed by atoms with van der Waals surface area (Å²) in [5.41, 5.74) is 7.57. The number of hydrogen-bond donors (Lipinski definition) is 1. The second kappa shape index (κ2) is 4.64. The van der Waals surface area contributed by atoms with Crippen molar-refractivity contribution in [1.82, 2.24) is 4.90 Å². The summed E-state index contributed by atoms with van der Waals surface area (Å²) in [4.78, 5) is 14.9. The number of carbonyl (C=O) groups excluding carboxylic acids is 1. The predicted molar refractivity (Wildman–Crippen MR) is 86.4 cm³/mol. The molecule has 1 heterocycles. The van der Waals surface area contributed by atoms with Crippen LogP contribution in [0, 0.1) is 10.8 Å². The maximum atomic E-state index is 12.9. The van der Waals surface area contributed by atoms with Crippen LogP contribution in [0.4, 0.5) is 5.69 Å². The molecule has 0 radical (unpaired) electrons. The Kier molecular flexibility index (Phi) is 3.25. The van der Waals surface area contributed by atoms with Gasteiger partial charge in [0.25, 0.3) is 5.91 Å². The van der Waals surface area contributed by atoms with Crippen LogP contribution in [0.2, 0.25) is 5.02 Å². The number of nitrogens with two attached hydrogens (primary N) is 1. The Morgan fingerprint density at radius 3 is 2.71 bits per heavy atom. The van der Waals surface area contributed by atoms with Gasteiger partial charge in [-0.25, -0.2) is 0 Å². The minimum absolute atomic E-state index is 0.0515. The lowest BCUT2D eigenvalue weighted by Crippen LogP contribution is -2.38. The highest BCUT2D eigenvalue weighted by Crippen LogP contribution is 2.52. The zero-order chi connectivity index (χ0) is 15.4. The average molecular weight is 307 g/mol. The lowest BCUT2D eigenvalue weighted by atomic mass is 9.65. The lowest BCUT2D eigenvalue weighted by molar-refractivity contribution is 0.0709. The maximum Gasteiger partial charge on any atom is 0.256 e. The van der Waals surface area contributed by atoms with Crippen LogP contribution in [0.1, 0.15) is 50.4 Å². The number of likely N-dealkylation sites (tertiary alicyclic amines) is 1. The SMILES string of the molecule is CC1(C)CC2CC(C)(CN2C(=O)c2ccc(Cl)cc2N)C1. The van der Waals surface area contributed by atoms with E-state index < -0.39 is 0 Å². The second-order valence-electron chi connectivity index (χ2n) is 7.88. The molecule has 1 saturated heterocycles. The third kappa shape index (κ3) is 2.64. The monoisotopic (exact) mass is 306 g/mol. The number of fused-ring (bicyclic) bond motifs is 2. The van der Waals surface area contributed by atoms with Crippen molar-refractivity contribution in [3.63, 3.8) is 0 Å². The minimum atomic E-state index is 0.0515. The molecule has 1 amide bonds. The fourth-order valence-corrected chi connectivity index (χ4v) is 4.76. The molecule has 2 N–H and O–H groups in total. The van der Waals surface area contributed by atoms with Crippen molar-refractivity contribution in [3.8, 4) is 0 Å². The molecule has 1 aliphatic heterocycles. The van der Waals surface area contributed by atoms with Crippen molar-refractivity contribution in [2.75, 3.05) is 12.3 Å². The molecule has 3 rings (SSSR count). The van der Waals surface area contributed by atoms with Gasteiger partial charge in [-0.15, -0.1) is 0 Å². The number of amides is 1. The van der Waals surface area contributed by atoms with E-state index in [-0.39, 0.29) is 11.3 Å². The topological polar surface area (TPSA) is 46.3 Å². The minimum Gasteiger partial charge on any atom is -0.398 e. The number of carbonyl (C=O) groups is 1. The van der Waals surface area contributed by atoms with Gasteiger partial charge in [-0.05, 0) is 48.3 Å². The maximum absolute atomic E-state index is 12.9. The van der Waals surface area contributed by atoms with Crippen LogP contribution in [0.3, 0.4) is 0 Å². The summed E-state index contributed by atoms with van der Waals surface area (Å²) in [7, 11) is 0. The van der Waals surface area contributed by atoms with Gasteiger partial charge < -0.3 is 10.6 Å². The number of anilines is 1. The second-order valence-corrected chi connectivity index (χ2v) is 8.31. The van der Waals surface area contributed by atoms with E-state index in [1.165, 1.54) is 6.42 Å². The first kappa shape index (κ1) is 14.7. The zero-order valence-electron chi connectivity index (χ0n) is 12.9. The van der Waals surface area contributed by atoms with E-state index in [2.05, 4.69) is 20.8 Å². The van der Waals surface area contributed by atoms with E-state index in [1.807, 2.05) is 4.90 Å². The standard InChI is InChI=1S/C17H23ClN2O/c1-16(2)7-12-8-17(3,9-16)10-20(12)15(21)13-5-4-11(18)6-14(13)19/h4-6,12H,7-10,19H2,1-3H3. The van der Waals surface area contributed by atoms with Crippen molar-refractivity contribution in [3.05, 3.63) is 28.8 Å². The molecule has 1 aromatic carbocycles. The summed E-state index contributed by atoms with van der Waals surface area (Å²) >= 11 is 5.93. The molecular formula is C17H23ClN2O. The van der Waals surface area contributed by atoms with Gasteiger partial charge in [0, 0.05) is 23.3 Å². The highest BCUT2D eigenvalue weighted by molar-refractivity contribution is 6.31. The Balaban J connectivity index is 1.90. The van der Waals surface area contributed by atoms with Gasteiger partial charge in [0.1, 0.15) is 0 Å². The van der Waals surface area contributed by atoms with E-state index in [0.717, 1.165) is 19.4 Å². The van der Waals surface area contributed by atoms with E-state index in [9.17, 15) is 4.79 Å². The molecule has 4 heteroatoms. The predicted octanol–water partition coefficient (Wildman–Crippen LogP) is 3.96. The van der Waals surface area contributed by atoms with Crippen molar-refractivity contribution in [2.45, 2.75) is 46.1 Å². The van der Waals surface area contributed by atoms with Gasteiger partial charge in [0.05, 0.1) is 5.56 Å². The van der Waals surface area contributed by atoms with Crippen LogP contribution in [-0.2, 0) is 0 Å². The summed E-state index contributed by atoms with van der Waals surface area (Å²) in [6.45, 7) is 7.76. The van der Waals surface area contributed by atoms with Gasteiger partial charge in [0.2, 0.25) is 0 Å². The van der Waals surface area contributed by atoms with E-state index in [0.29, 0.717) is 27.7 Å². The normalized spacial score (nSPS) is 30.5. The van der Waals surface area contributed by atoms with Crippen molar-refractivity contribution < 1.29 is 4.79 Å². The van der Waals surface area contributed by atoms with Crippen LogP contribution in [-0.4, -0.2) is 23.4 Å². The van der Waals surface area contributed by atoms with E-state index in [4.69, 9.17) is 17.3 Å². The van der Waals surface area contributed by atoms with Gasteiger partial charge in [0.15, 0.2) is 0 Å². The van der Waals surface area contributed by atoms with Gasteiger partial charge in [-0.2, -0.15) is 0 Å². The van der Waals surface area contributed by atoms with Gasteiger partial charge in [-0.1, -0.05) is 32.4 Å². The summed E-state index contributed by atoms with van der Waals surface area (Å²) in [6, 6.07) is 5.47. The molecule has 0 spiro atoms. The first-order valence-electron chi connectivity index (χ1n) is 7.55. The molecule has 3 nitrogen and oxygen atoms in total. The summed E-state index contributed by atoms with van der Waals surface area (Å²) in [6.07, 6.45) is 3.36. The van der Waals surface area contributed by atoms with Crippen LogP contribution < -0.4 is 5.73 Å². The first-order chi connectivity index (χ1) is 9.69. The lowest BCUT2D eigenvalue weighted by Gasteiger charge is -2.39. The van der Waals surface area contributed by atoms with Crippen molar-refractivity contribution in [2.24, 2.45) is 10.8 Å². The smallest absolute Gasteiger partial charge is 0.256 e. The summed E-state index contributed by atoms with van der Waals surface area (Å²) < 4.78 is 0. The fourth-order valence-electron chi connectivity index (χ4n) is 4.58. The largest absolute Gasteiger partial charge is 0.398 e. The number of rotatable bonds is 1. The van der Waals surface area contributed by atoms with E-state index >= 15 is 0 Å². The summed E-state index contributed by atoms with van der Waals surface area (Å²) in [5.74, 6) is 0.0515. The molecule has 2 fully saturated rings. The number of halogens is 1. The average Bonchev–Trinajstić information content (AvgIpc) is 2.57. The van der Waals surface area contributed by atoms with E-state index in [1.54, 1.807) is 18.2 Å². The molecule has 2 atom stereocenters. The molecular weight excluding hydrogens is 284 g/mol. The molecule has 2 bridgehead atoms. The number of benzene rings is 1. The summed E-state index contributed by atoms with van der Waals surface area (Å²) in [5, 5.41) is 0.567. The first-order valence-corrected chi connectivity index (χ1v) is 7.93. The van der Waals surface area contributed by atoms with Gasteiger partial charge in [-0.3, -0.25) is 4.79 Å². The molecule has 2 unspecified atom stereocenters. The quantitative estimate of drug-likeness (QED) is 0.798. The highest BCUT2D eigenvalue weighted by Gasteiger charge is 2.51. The molecule has 1 aliphatic carbocycles. The van der Waals surface area contributed by atoms with Crippen LogP contribution in [0.25, 0.3) is 0 Å². The highest BCUT2D eigenvalue weighted by atomic mass is 35.5. The number of nitrogens with zero attached hydrogens (tertiary/aromatic N) is 1. The molecule has 114 valence electrons. The zero-order valence-corrected chi connectivity index (χ0v) is 13.7. The third-order valence-electron chi connectivity index (χ3n) is 4.92. The molecule has 2 aliphatic rings. The van der Waals surface area contributed by atoms with Crippen LogP contribution >= 0.6 is 11.6 Å². The third-order valence-corrected chi connectivity index (χ3v) is 5.15. The van der Waals surface area contributed by atoms with Gasteiger partial charge >= 0.3 is 0 Å². The fraction of sp³-hybridized carbons (Fsp3) is 0.588. The molecule has 21 heavy (non-hydrogen) atoms. The van der Waals surface area contributed by atoms with Crippen LogP contribution in [0.15, 0.2) is 18.2 Å². The van der Waals surface area contributed by atoms with Crippen molar-refractivity contribution in [1.29, 1.82) is 0 Å². The Labute approximate surface area is 131 Å². The Bertz CT molecular complexity index is 598. The Morgan fingerprint density at radius 2 is 2.05 bits per heavy atom.